The van der Waals surface area contributed by atoms with Gasteiger partial charge in [-0.1, -0.05) is 23.7 Å². The largest absolute Gasteiger partial charge is 0.492 e. The maximum Gasteiger partial charge on any atom is 0.243 e. The molecule has 6 nitrogen and oxygen atoms in total. The highest BCUT2D eigenvalue weighted by Gasteiger charge is 2.28. The van der Waals surface area contributed by atoms with E-state index in [0.29, 0.717) is 43.4 Å². The molecule has 0 bridgehead atoms. The summed E-state index contributed by atoms with van der Waals surface area (Å²) in [7, 11) is -3.54. The van der Waals surface area contributed by atoms with Crippen molar-refractivity contribution in [3.63, 3.8) is 0 Å². The fourth-order valence-corrected chi connectivity index (χ4v) is 4.58. The molecule has 150 valence electrons. The molecule has 28 heavy (non-hydrogen) atoms. The molecule has 0 aliphatic carbocycles. The summed E-state index contributed by atoms with van der Waals surface area (Å²) >= 11 is 5.85. The van der Waals surface area contributed by atoms with E-state index in [0.717, 1.165) is 12.3 Å². The Morgan fingerprint density at radius 1 is 1.00 bits per heavy atom. The number of halogens is 1. The van der Waals surface area contributed by atoms with Crippen LogP contribution in [0.1, 0.15) is 17.3 Å². The predicted octanol–water partition coefficient (Wildman–Crippen LogP) is 2.93. The van der Waals surface area contributed by atoms with Gasteiger partial charge in [0.15, 0.2) is 5.78 Å². The van der Waals surface area contributed by atoms with Crippen LogP contribution in [-0.4, -0.2) is 62.7 Å². The molecule has 0 saturated carbocycles. The van der Waals surface area contributed by atoms with E-state index in [1.165, 1.54) is 23.4 Å². The van der Waals surface area contributed by atoms with Gasteiger partial charge in [-0.25, -0.2) is 8.42 Å². The number of hydrogen-bond donors (Lipinski definition) is 0. The second-order valence-corrected chi connectivity index (χ2v) is 9.00. The monoisotopic (exact) mass is 422 g/mol. The third-order valence-electron chi connectivity index (χ3n) is 4.72. The highest BCUT2D eigenvalue weighted by atomic mass is 35.5. The van der Waals surface area contributed by atoms with E-state index in [4.69, 9.17) is 16.3 Å². The van der Waals surface area contributed by atoms with Crippen molar-refractivity contribution >= 4 is 27.4 Å². The molecule has 0 aromatic heterocycles. The fourth-order valence-electron chi connectivity index (χ4n) is 3.03. The van der Waals surface area contributed by atoms with E-state index < -0.39 is 10.0 Å². The third-order valence-corrected chi connectivity index (χ3v) is 6.88. The summed E-state index contributed by atoms with van der Waals surface area (Å²) in [5.74, 6) is 0.679. The summed E-state index contributed by atoms with van der Waals surface area (Å²) in [5.41, 5.74) is 0.504. The highest BCUT2D eigenvalue weighted by molar-refractivity contribution is 7.89. The molecular weight excluding hydrogens is 400 g/mol. The molecular formula is C20H23ClN2O4S. The van der Waals surface area contributed by atoms with Crippen LogP contribution in [0.15, 0.2) is 53.4 Å². The summed E-state index contributed by atoms with van der Waals surface area (Å²) in [5, 5.41) is 0.667. The smallest absolute Gasteiger partial charge is 0.243 e. The zero-order valence-corrected chi connectivity index (χ0v) is 17.2. The Labute approximate surface area is 170 Å². The number of Topliss-reactive ketones (excluding diaryl/α,β-unsaturated/α-hetero) is 1. The summed E-state index contributed by atoms with van der Waals surface area (Å²) in [6, 6.07) is 13.3. The van der Waals surface area contributed by atoms with Gasteiger partial charge in [0.25, 0.3) is 0 Å². The second-order valence-electron chi connectivity index (χ2n) is 6.63. The van der Waals surface area contributed by atoms with Crippen LogP contribution in [0.5, 0.6) is 5.75 Å². The van der Waals surface area contributed by atoms with Gasteiger partial charge >= 0.3 is 0 Å². The second kappa shape index (κ2) is 9.05. The number of carbonyl (C=O) groups is 1. The molecule has 0 N–H and O–H groups in total. The maximum atomic E-state index is 12.8. The van der Waals surface area contributed by atoms with Crippen LogP contribution in [0, 0.1) is 0 Å². The average Bonchev–Trinajstić information content (AvgIpc) is 2.70. The standard InChI is InChI=1S/C20H23ClN2O4S/c1-16(24)17-2-8-20(9-3-17)28(25,26)23-12-10-22(11-13-23)14-15-27-19-6-4-18(21)5-7-19/h2-9H,10-15H2,1H3. The van der Waals surface area contributed by atoms with Crippen LogP contribution >= 0.6 is 11.6 Å². The lowest BCUT2D eigenvalue weighted by Crippen LogP contribution is -2.49. The molecule has 0 radical (unpaired) electrons. The number of ether oxygens (including phenoxy) is 1. The van der Waals surface area contributed by atoms with Crippen LogP contribution in [-0.2, 0) is 10.0 Å². The van der Waals surface area contributed by atoms with E-state index in [9.17, 15) is 13.2 Å². The van der Waals surface area contributed by atoms with Gasteiger partial charge in [-0.15, -0.1) is 0 Å². The molecule has 2 aromatic rings. The first-order valence-corrected chi connectivity index (χ1v) is 10.9. The minimum absolute atomic E-state index is 0.0848. The molecule has 0 amide bonds. The molecule has 8 heteroatoms. The van der Waals surface area contributed by atoms with Gasteiger partial charge in [-0.05, 0) is 43.3 Å². The van der Waals surface area contributed by atoms with Gasteiger partial charge in [0, 0.05) is 43.3 Å². The minimum atomic E-state index is -3.54. The van der Waals surface area contributed by atoms with Crippen molar-refractivity contribution < 1.29 is 17.9 Å². The van der Waals surface area contributed by atoms with Crippen molar-refractivity contribution in [3.05, 3.63) is 59.1 Å². The van der Waals surface area contributed by atoms with Gasteiger partial charge in [0.05, 0.1) is 4.90 Å². The number of nitrogens with zero attached hydrogens (tertiary/aromatic N) is 2. The van der Waals surface area contributed by atoms with Crippen LogP contribution in [0.3, 0.4) is 0 Å². The van der Waals surface area contributed by atoms with E-state index in [-0.39, 0.29) is 10.7 Å². The number of benzene rings is 2. The first kappa shape index (κ1) is 20.8. The average molecular weight is 423 g/mol. The number of ketones is 1. The third kappa shape index (κ3) is 5.11. The number of hydrogen-bond acceptors (Lipinski definition) is 5. The lowest BCUT2D eigenvalue weighted by molar-refractivity contribution is 0.101. The molecule has 1 fully saturated rings. The predicted molar refractivity (Wildman–Crippen MR) is 109 cm³/mol. The minimum Gasteiger partial charge on any atom is -0.492 e. The summed E-state index contributed by atoms with van der Waals surface area (Å²) in [6.45, 7) is 4.86. The van der Waals surface area contributed by atoms with Crippen molar-refractivity contribution in [1.29, 1.82) is 0 Å². The summed E-state index contributed by atoms with van der Waals surface area (Å²) in [4.78, 5) is 13.8. The van der Waals surface area contributed by atoms with Crippen LogP contribution in [0.25, 0.3) is 0 Å². The van der Waals surface area contributed by atoms with Gasteiger partial charge < -0.3 is 4.74 Å². The zero-order valence-electron chi connectivity index (χ0n) is 15.7. The Kier molecular flexibility index (Phi) is 6.72. The van der Waals surface area contributed by atoms with Crippen molar-refractivity contribution in [2.75, 3.05) is 39.3 Å². The molecule has 1 saturated heterocycles. The molecule has 3 rings (SSSR count). The van der Waals surface area contributed by atoms with Gasteiger partial charge in [0.2, 0.25) is 10.0 Å². The van der Waals surface area contributed by atoms with E-state index in [1.54, 1.807) is 24.3 Å². The van der Waals surface area contributed by atoms with Crippen molar-refractivity contribution in [2.45, 2.75) is 11.8 Å². The normalized spacial score (nSPS) is 16.1. The first-order chi connectivity index (χ1) is 13.4. The van der Waals surface area contributed by atoms with Gasteiger partial charge in [-0.2, -0.15) is 4.31 Å². The van der Waals surface area contributed by atoms with E-state index >= 15 is 0 Å². The number of sulfonamides is 1. The Bertz CT molecular complexity index is 906. The van der Waals surface area contributed by atoms with E-state index in [1.807, 2.05) is 12.1 Å². The van der Waals surface area contributed by atoms with Crippen LogP contribution in [0.2, 0.25) is 5.02 Å². The lowest BCUT2D eigenvalue weighted by atomic mass is 10.2. The molecule has 1 aliphatic rings. The Morgan fingerprint density at radius 3 is 2.18 bits per heavy atom. The van der Waals surface area contributed by atoms with Crippen molar-refractivity contribution in [1.82, 2.24) is 9.21 Å². The Morgan fingerprint density at radius 2 is 1.61 bits per heavy atom. The highest BCUT2D eigenvalue weighted by Crippen LogP contribution is 2.19. The molecule has 0 unspecified atom stereocenters. The molecule has 0 spiro atoms. The molecule has 0 atom stereocenters. The zero-order chi connectivity index (χ0) is 20.1. The maximum absolute atomic E-state index is 12.8. The first-order valence-electron chi connectivity index (χ1n) is 9.08. The molecule has 1 heterocycles. The Balaban J connectivity index is 1.49. The summed E-state index contributed by atoms with van der Waals surface area (Å²) < 4.78 is 32.8. The fraction of sp³-hybridized carbons (Fsp3) is 0.350. The van der Waals surface area contributed by atoms with E-state index in [2.05, 4.69) is 4.90 Å². The summed E-state index contributed by atoms with van der Waals surface area (Å²) in [6.07, 6.45) is 0. The Hall–Kier alpha value is -1.93. The lowest BCUT2D eigenvalue weighted by Gasteiger charge is -2.33. The van der Waals surface area contributed by atoms with Crippen molar-refractivity contribution in [2.24, 2.45) is 0 Å². The number of carbonyl (C=O) groups excluding carboxylic acids is 1. The quantitative estimate of drug-likeness (QED) is 0.642. The SMILES string of the molecule is CC(=O)c1ccc(S(=O)(=O)N2CCN(CCOc3ccc(Cl)cc3)CC2)cc1. The molecule has 1 aliphatic heterocycles. The van der Waals surface area contributed by atoms with Crippen LogP contribution < -0.4 is 4.74 Å². The topological polar surface area (TPSA) is 66.9 Å². The van der Waals surface area contributed by atoms with Crippen molar-refractivity contribution in [3.8, 4) is 5.75 Å². The molecule has 2 aromatic carbocycles. The number of rotatable bonds is 7. The number of piperazine rings is 1. The van der Waals surface area contributed by atoms with Gasteiger partial charge in [-0.3, -0.25) is 9.69 Å². The van der Waals surface area contributed by atoms with Crippen LogP contribution in [0.4, 0.5) is 0 Å². The van der Waals surface area contributed by atoms with Gasteiger partial charge in [0.1, 0.15) is 12.4 Å².